The largest absolute Gasteiger partial charge is 0.493 e. The molecule has 1 aromatic rings. The summed E-state index contributed by atoms with van der Waals surface area (Å²) < 4.78 is 5.82. The predicted molar refractivity (Wildman–Crippen MR) is 58.6 cm³/mol. The van der Waals surface area contributed by atoms with Gasteiger partial charge in [-0.2, -0.15) is 0 Å². The quantitative estimate of drug-likeness (QED) is 0.708. The second-order valence-electron chi connectivity index (χ2n) is 4.23. The maximum absolute atomic E-state index is 5.82. The Labute approximate surface area is 86.1 Å². The van der Waals surface area contributed by atoms with Gasteiger partial charge in [-0.05, 0) is 37.3 Å². The molecule has 0 amide bonds. The van der Waals surface area contributed by atoms with E-state index in [-0.39, 0.29) is 0 Å². The van der Waals surface area contributed by atoms with Crippen LogP contribution in [0.3, 0.4) is 0 Å². The molecule has 1 aromatic carbocycles. The van der Waals surface area contributed by atoms with Gasteiger partial charge in [0.2, 0.25) is 0 Å². The number of hydrogen-bond acceptors (Lipinski definition) is 1. The van der Waals surface area contributed by atoms with Gasteiger partial charge in [0, 0.05) is 0 Å². The topological polar surface area (TPSA) is 9.23 Å². The van der Waals surface area contributed by atoms with E-state index in [4.69, 9.17) is 4.74 Å². The first-order valence-electron chi connectivity index (χ1n) is 5.54. The summed E-state index contributed by atoms with van der Waals surface area (Å²) in [6.45, 7) is 3.01. The van der Waals surface area contributed by atoms with Gasteiger partial charge in [0.05, 0.1) is 6.61 Å². The Balaban J connectivity index is 1.88. The summed E-state index contributed by atoms with van der Waals surface area (Å²) in [5.41, 5.74) is 1.24. The molecule has 0 radical (unpaired) electrons. The summed E-state index contributed by atoms with van der Waals surface area (Å²) in [7, 11) is 0. The monoisotopic (exact) mass is 190 g/mol. The fourth-order valence-electron chi connectivity index (χ4n) is 2.10. The van der Waals surface area contributed by atoms with Crippen LogP contribution in [0.5, 0.6) is 5.75 Å². The fourth-order valence-corrected chi connectivity index (χ4v) is 2.10. The molecule has 14 heavy (non-hydrogen) atoms. The van der Waals surface area contributed by atoms with Crippen LogP contribution in [-0.4, -0.2) is 6.61 Å². The molecule has 0 aliphatic heterocycles. The minimum Gasteiger partial charge on any atom is -0.493 e. The lowest BCUT2D eigenvalue weighted by molar-refractivity contribution is 0.251. The third-order valence-electron chi connectivity index (χ3n) is 3.04. The van der Waals surface area contributed by atoms with Crippen LogP contribution in [0.15, 0.2) is 24.3 Å². The van der Waals surface area contributed by atoms with Crippen LogP contribution >= 0.6 is 0 Å². The van der Waals surface area contributed by atoms with Gasteiger partial charge in [0.1, 0.15) is 5.75 Å². The highest BCUT2D eigenvalue weighted by Crippen LogP contribution is 2.26. The second-order valence-corrected chi connectivity index (χ2v) is 4.23. The lowest BCUT2D eigenvalue weighted by Crippen LogP contribution is -2.08. The summed E-state index contributed by atoms with van der Waals surface area (Å²) in [6.07, 6.45) is 5.49. The standard InChI is InChI=1S/C13H18O/c1-11-6-2-5-9-13(11)14-10-12-7-3-4-8-12/h2,5-6,9,12H,3-4,7-8,10H2,1H3. The van der Waals surface area contributed by atoms with Crippen LogP contribution in [0.1, 0.15) is 31.2 Å². The summed E-state index contributed by atoms with van der Waals surface area (Å²) in [6, 6.07) is 8.25. The fraction of sp³-hybridized carbons (Fsp3) is 0.538. The number of rotatable bonds is 3. The molecule has 0 atom stereocenters. The molecular formula is C13H18O. The summed E-state index contributed by atoms with van der Waals surface area (Å²) in [5, 5.41) is 0. The molecule has 1 saturated carbocycles. The zero-order valence-corrected chi connectivity index (χ0v) is 8.83. The van der Waals surface area contributed by atoms with Crippen LogP contribution in [0.25, 0.3) is 0 Å². The van der Waals surface area contributed by atoms with E-state index < -0.39 is 0 Å². The van der Waals surface area contributed by atoms with Gasteiger partial charge in [0.25, 0.3) is 0 Å². The number of benzene rings is 1. The maximum atomic E-state index is 5.82. The van der Waals surface area contributed by atoms with Crippen molar-refractivity contribution in [2.75, 3.05) is 6.61 Å². The SMILES string of the molecule is Cc1ccccc1OCC1CCCC1. The molecule has 0 aromatic heterocycles. The van der Waals surface area contributed by atoms with Crippen molar-refractivity contribution >= 4 is 0 Å². The van der Waals surface area contributed by atoms with Crippen LogP contribution < -0.4 is 4.74 Å². The van der Waals surface area contributed by atoms with Crippen LogP contribution in [0.2, 0.25) is 0 Å². The van der Waals surface area contributed by atoms with Crippen molar-refractivity contribution in [1.82, 2.24) is 0 Å². The molecule has 1 aliphatic rings. The normalized spacial score (nSPS) is 17.2. The first-order chi connectivity index (χ1) is 6.86. The molecule has 76 valence electrons. The Kier molecular flexibility index (Phi) is 3.07. The van der Waals surface area contributed by atoms with Gasteiger partial charge in [-0.1, -0.05) is 31.0 Å². The van der Waals surface area contributed by atoms with E-state index in [1.54, 1.807) is 0 Å². The summed E-state index contributed by atoms with van der Waals surface area (Å²) in [5.74, 6) is 1.86. The van der Waals surface area contributed by atoms with Gasteiger partial charge in [-0.25, -0.2) is 0 Å². The van der Waals surface area contributed by atoms with Crippen LogP contribution in [0.4, 0.5) is 0 Å². The molecule has 1 nitrogen and oxygen atoms in total. The average molecular weight is 190 g/mol. The highest BCUT2D eigenvalue weighted by molar-refractivity contribution is 5.31. The van der Waals surface area contributed by atoms with E-state index in [0.29, 0.717) is 0 Å². The van der Waals surface area contributed by atoms with E-state index in [9.17, 15) is 0 Å². The predicted octanol–water partition coefficient (Wildman–Crippen LogP) is 3.56. The smallest absolute Gasteiger partial charge is 0.122 e. The van der Waals surface area contributed by atoms with Gasteiger partial charge >= 0.3 is 0 Å². The molecule has 1 fully saturated rings. The first-order valence-corrected chi connectivity index (χ1v) is 5.54. The molecule has 0 N–H and O–H groups in total. The Morgan fingerprint density at radius 1 is 1.21 bits per heavy atom. The summed E-state index contributed by atoms with van der Waals surface area (Å²) >= 11 is 0. The van der Waals surface area contributed by atoms with Gasteiger partial charge < -0.3 is 4.74 Å². The minimum atomic E-state index is 0.801. The van der Waals surface area contributed by atoms with Crippen molar-refractivity contribution in [2.24, 2.45) is 5.92 Å². The van der Waals surface area contributed by atoms with Gasteiger partial charge in [0.15, 0.2) is 0 Å². The molecule has 0 saturated heterocycles. The highest BCUT2D eigenvalue weighted by atomic mass is 16.5. The number of aryl methyl sites for hydroxylation is 1. The van der Waals surface area contributed by atoms with Gasteiger partial charge in [-0.15, -0.1) is 0 Å². The van der Waals surface area contributed by atoms with E-state index in [0.717, 1.165) is 18.3 Å². The molecule has 0 heterocycles. The first kappa shape index (κ1) is 9.57. The van der Waals surface area contributed by atoms with E-state index >= 15 is 0 Å². The van der Waals surface area contributed by atoms with Crippen molar-refractivity contribution in [3.63, 3.8) is 0 Å². The maximum Gasteiger partial charge on any atom is 0.122 e. The molecule has 1 heteroatoms. The molecule has 2 rings (SSSR count). The molecular weight excluding hydrogens is 172 g/mol. The average Bonchev–Trinajstić information content (AvgIpc) is 2.69. The number of hydrogen-bond donors (Lipinski definition) is 0. The number of ether oxygens (including phenoxy) is 1. The Morgan fingerprint density at radius 3 is 2.64 bits per heavy atom. The molecule has 0 unspecified atom stereocenters. The van der Waals surface area contributed by atoms with Crippen molar-refractivity contribution in [1.29, 1.82) is 0 Å². The summed E-state index contributed by atoms with van der Waals surface area (Å²) in [4.78, 5) is 0. The second kappa shape index (κ2) is 4.50. The lowest BCUT2D eigenvalue weighted by atomic mass is 10.1. The van der Waals surface area contributed by atoms with Gasteiger partial charge in [-0.3, -0.25) is 0 Å². The lowest BCUT2D eigenvalue weighted by Gasteiger charge is -2.12. The Bertz CT molecular complexity index is 287. The van der Waals surface area contributed by atoms with Crippen molar-refractivity contribution < 1.29 is 4.74 Å². The van der Waals surface area contributed by atoms with Crippen LogP contribution in [0, 0.1) is 12.8 Å². The van der Waals surface area contributed by atoms with Crippen molar-refractivity contribution in [2.45, 2.75) is 32.6 Å². The molecule has 0 bridgehead atoms. The Hall–Kier alpha value is -0.980. The minimum absolute atomic E-state index is 0.801. The van der Waals surface area contributed by atoms with E-state index in [1.807, 2.05) is 6.07 Å². The highest BCUT2D eigenvalue weighted by Gasteiger charge is 2.15. The molecule has 0 spiro atoms. The van der Waals surface area contributed by atoms with E-state index in [1.165, 1.54) is 31.2 Å². The zero-order valence-electron chi connectivity index (χ0n) is 8.83. The third kappa shape index (κ3) is 2.28. The molecule has 1 aliphatic carbocycles. The van der Waals surface area contributed by atoms with Crippen molar-refractivity contribution in [3.05, 3.63) is 29.8 Å². The van der Waals surface area contributed by atoms with Crippen LogP contribution in [-0.2, 0) is 0 Å². The van der Waals surface area contributed by atoms with Crippen molar-refractivity contribution in [3.8, 4) is 5.75 Å². The zero-order chi connectivity index (χ0) is 9.80. The third-order valence-corrected chi connectivity index (χ3v) is 3.04. The Morgan fingerprint density at radius 2 is 1.93 bits per heavy atom. The van der Waals surface area contributed by atoms with E-state index in [2.05, 4.69) is 25.1 Å². The number of para-hydroxylation sites is 1.